The topological polar surface area (TPSA) is 73.1 Å². The molecule has 8 heteroatoms. The fraction of sp³-hybridized carbons (Fsp3) is 0.269. The van der Waals surface area contributed by atoms with Crippen molar-refractivity contribution < 1.29 is 4.79 Å². The van der Waals surface area contributed by atoms with Crippen LogP contribution in [0.15, 0.2) is 69.8 Å². The molecule has 1 amide bonds. The summed E-state index contributed by atoms with van der Waals surface area (Å²) in [6, 6.07) is 14.2. The van der Waals surface area contributed by atoms with E-state index < -0.39 is 11.2 Å². The lowest BCUT2D eigenvalue weighted by Gasteiger charge is -2.14. The van der Waals surface area contributed by atoms with Crippen LogP contribution in [0.3, 0.4) is 0 Å². The SMILES string of the molecule is O=C(Cn1c(=O)n(-c2cccc(Cl)c2)c(=O)c2sc3ccccc3c21)NCCC1=CCCCC1. The first-order chi connectivity index (χ1) is 16.5. The number of fused-ring (bicyclic) bond motifs is 3. The van der Waals surface area contributed by atoms with Crippen LogP contribution >= 0.6 is 22.9 Å². The van der Waals surface area contributed by atoms with Crippen molar-refractivity contribution in [2.24, 2.45) is 0 Å². The predicted molar refractivity (Wildman–Crippen MR) is 138 cm³/mol. The number of aromatic nitrogens is 2. The predicted octanol–water partition coefficient (Wildman–Crippen LogP) is 5.03. The molecule has 0 saturated carbocycles. The second-order valence-electron chi connectivity index (χ2n) is 8.47. The number of hydrogen-bond donors (Lipinski definition) is 1. The first-order valence-electron chi connectivity index (χ1n) is 11.4. The molecule has 0 unspecified atom stereocenters. The van der Waals surface area contributed by atoms with E-state index >= 15 is 0 Å². The number of rotatable bonds is 6. The van der Waals surface area contributed by atoms with Gasteiger partial charge in [0.05, 0.1) is 11.2 Å². The highest BCUT2D eigenvalue weighted by molar-refractivity contribution is 7.25. The molecule has 1 N–H and O–H groups in total. The maximum atomic E-state index is 13.6. The normalized spacial score (nSPS) is 13.9. The maximum Gasteiger partial charge on any atom is 0.336 e. The summed E-state index contributed by atoms with van der Waals surface area (Å²) in [5.74, 6) is -0.258. The van der Waals surface area contributed by atoms with Gasteiger partial charge in [0.15, 0.2) is 0 Å². The van der Waals surface area contributed by atoms with Gasteiger partial charge in [-0.15, -0.1) is 11.3 Å². The molecule has 1 aliphatic rings. The quantitative estimate of drug-likeness (QED) is 0.383. The number of thiophene rings is 1. The Morgan fingerprint density at radius 2 is 1.94 bits per heavy atom. The van der Waals surface area contributed by atoms with Crippen molar-refractivity contribution in [3.63, 3.8) is 0 Å². The van der Waals surface area contributed by atoms with Crippen LogP contribution in [0.4, 0.5) is 0 Å². The van der Waals surface area contributed by atoms with Crippen LogP contribution in [0.2, 0.25) is 5.02 Å². The van der Waals surface area contributed by atoms with Gasteiger partial charge < -0.3 is 5.32 Å². The Labute approximate surface area is 205 Å². The summed E-state index contributed by atoms with van der Waals surface area (Å²) in [6.45, 7) is 0.358. The van der Waals surface area contributed by atoms with E-state index in [9.17, 15) is 14.4 Å². The van der Waals surface area contributed by atoms with E-state index in [0.29, 0.717) is 27.5 Å². The first kappa shape index (κ1) is 22.6. The zero-order valence-corrected chi connectivity index (χ0v) is 20.1. The number of allylic oxidation sites excluding steroid dienone is 1. The molecular formula is C26H24ClN3O3S. The molecule has 0 atom stereocenters. The van der Waals surface area contributed by atoms with Gasteiger partial charge in [-0.05, 0) is 56.4 Å². The molecule has 0 radical (unpaired) electrons. The molecule has 34 heavy (non-hydrogen) atoms. The van der Waals surface area contributed by atoms with Crippen molar-refractivity contribution in [1.29, 1.82) is 0 Å². The highest BCUT2D eigenvalue weighted by Gasteiger charge is 2.20. The zero-order valence-electron chi connectivity index (χ0n) is 18.6. The van der Waals surface area contributed by atoms with Gasteiger partial charge >= 0.3 is 5.69 Å². The van der Waals surface area contributed by atoms with Crippen molar-refractivity contribution in [3.8, 4) is 5.69 Å². The fourth-order valence-corrected chi connectivity index (χ4v) is 5.85. The molecule has 0 fully saturated rings. The van der Waals surface area contributed by atoms with Crippen LogP contribution in [0.5, 0.6) is 0 Å². The number of carbonyl (C=O) groups is 1. The number of benzene rings is 2. The maximum absolute atomic E-state index is 13.6. The van der Waals surface area contributed by atoms with E-state index in [0.717, 1.165) is 33.9 Å². The molecule has 174 valence electrons. The van der Waals surface area contributed by atoms with Crippen molar-refractivity contribution in [2.45, 2.75) is 38.6 Å². The molecule has 5 rings (SSSR count). The van der Waals surface area contributed by atoms with E-state index in [2.05, 4.69) is 11.4 Å². The van der Waals surface area contributed by atoms with Crippen molar-refractivity contribution in [3.05, 3.63) is 86.0 Å². The van der Waals surface area contributed by atoms with Crippen LogP contribution in [-0.2, 0) is 11.3 Å². The Morgan fingerprint density at radius 1 is 1.09 bits per heavy atom. The van der Waals surface area contributed by atoms with Crippen LogP contribution in [0.1, 0.15) is 32.1 Å². The largest absolute Gasteiger partial charge is 0.354 e. The van der Waals surface area contributed by atoms with Crippen molar-refractivity contribution in [1.82, 2.24) is 14.5 Å². The third kappa shape index (κ3) is 4.33. The molecule has 6 nitrogen and oxygen atoms in total. The second-order valence-corrected chi connectivity index (χ2v) is 9.96. The van der Waals surface area contributed by atoms with Gasteiger partial charge in [0, 0.05) is 21.7 Å². The summed E-state index contributed by atoms with van der Waals surface area (Å²) in [5.41, 5.74) is 1.28. The number of carbonyl (C=O) groups excluding carboxylic acids is 1. The van der Waals surface area contributed by atoms with Crippen molar-refractivity contribution in [2.75, 3.05) is 6.54 Å². The van der Waals surface area contributed by atoms with E-state index in [-0.39, 0.29) is 12.5 Å². The Hall–Kier alpha value is -3.16. The lowest BCUT2D eigenvalue weighted by molar-refractivity contribution is -0.121. The summed E-state index contributed by atoms with van der Waals surface area (Å²) in [7, 11) is 0. The smallest absolute Gasteiger partial charge is 0.336 e. The lowest BCUT2D eigenvalue weighted by Crippen LogP contribution is -2.41. The molecule has 0 aliphatic heterocycles. The monoisotopic (exact) mass is 493 g/mol. The molecule has 0 saturated heterocycles. The Bertz CT molecular complexity index is 1550. The second kappa shape index (κ2) is 9.60. The molecule has 1 aliphatic carbocycles. The zero-order chi connectivity index (χ0) is 23.7. The summed E-state index contributed by atoms with van der Waals surface area (Å²) < 4.78 is 3.83. The molecule has 0 spiro atoms. The Kier molecular flexibility index (Phi) is 6.39. The highest BCUT2D eigenvalue weighted by atomic mass is 35.5. The minimum atomic E-state index is -0.562. The minimum Gasteiger partial charge on any atom is -0.354 e. The number of hydrogen-bond acceptors (Lipinski definition) is 4. The van der Waals surface area contributed by atoms with Gasteiger partial charge in [0.25, 0.3) is 5.56 Å². The van der Waals surface area contributed by atoms with Crippen LogP contribution in [0, 0.1) is 0 Å². The van der Waals surface area contributed by atoms with E-state index in [1.165, 1.54) is 34.3 Å². The van der Waals surface area contributed by atoms with Gasteiger partial charge in [-0.1, -0.05) is 47.5 Å². The van der Waals surface area contributed by atoms with Crippen LogP contribution < -0.4 is 16.6 Å². The summed E-state index contributed by atoms with van der Waals surface area (Å²) in [4.78, 5) is 39.9. The molecular weight excluding hydrogens is 470 g/mol. The molecule has 2 aromatic heterocycles. The number of amides is 1. The summed E-state index contributed by atoms with van der Waals surface area (Å²) in [6.07, 6.45) is 7.70. The minimum absolute atomic E-state index is 0.171. The highest BCUT2D eigenvalue weighted by Crippen LogP contribution is 2.31. The fourth-order valence-electron chi connectivity index (χ4n) is 4.53. The van der Waals surface area contributed by atoms with Crippen molar-refractivity contribution >= 4 is 49.1 Å². The van der Waals surface area contributed by atoms with Crippen LogP contribution in [-0.4, -0.2) is 21.6 Å². The molecule has 4 aromatic rings. The summed E-state index contributed by atoms with van der Waals surface area (Å²) in [5, 5.41) is 4.15. The van der Waals surface area contributed by atoms with Gasteiger partial charge in [-0.25, -0.2) is 9.36 Å². The third-order valence-electron chi connectivity index (χ3n) is 6.18. The van der Waals surface area contributed by atoms with Crippen LogP contribution in [0.25, 0.3) is 26.0 Å². The van der Waals surface area contributed by atoms with E-state index in [4.69, 9.17) is 11.6 Å². The molecule has 2 aromatic carbocycles. The Morgan fingerprint density at radius 3 is 2.74 bits per heavy atom. The lowest BCUT2D eigenvalue weighted by atomic mass is 9.97. The summed E-state index contributed by atoms with van der Waals surface area (Å²) >= 11 is 7.46. The van der Waals surface area contributed by atoms with E-state index in [1.54, 1.807) is 24.3 Å². The van der Waals surface area contributed by atoms with Gasteiger partial charge in [0.2, 0.25) is 5.91 Å². The van der Waals surface area contributed by atoms with Gasteiger partial charge in [-0.3, -0.25) is 14.2 Å². The number of nitrogens with zero attached hydrogens (tertiary/aromatic N) is 2. The molecule has 2 heterocycles. The Balaban J connectivity index is 1.56. The third-order valence-corrected chi connectivity index (χ3v) is 7.56. The van der Waals surface area contributed by atoms with Gasteiger partial charge in [-0.2, -0.15) is 0 Å². The van der Waals surface area contributed by atoms with E-state index in [1.807, 2.05) is 24.3 Å². The number of nitrogens with one attached hydrogen (secondary N) is 1. The standard InChI is InChI=1S/C26H24ClN3O3S/c27-18-9-6-10-19(15-18)30-25(32)24-23(20-11-4-5-12-21(20)34-24)29(26(30)33)16-22(31)28-14-13-17-7-2-1-3-8-17/h4-7,9-12,15H,1-3,8,13-14,16H2,(H,28,31). The average Bonchev–Trinajstić information content (AvgIpc) is 3.23. The average molecular weight is 494 g/mol. The first-order valence-corrected chi connectivity index (χ1v) is 12.6. The molecule has 0 bridgehead atoms. The van der Waals surface area contributed by atoms with Gasteiger partial charge in [0.1, 0.15) is 11.2 Å². The number of halogens is 1.